The third kappa shape index (κ3) is 9.56. The first-order valence-corrected chi connectivity index (χ1v) is 10.5. The lowest BCUT2D eigenvalue weighted by Crippen LogP contribution is -2.55. The van der Waals surface area contributed by atoms with E-state index >= 15 is 0 Å². The Hall–Kier alpha value is -1.10. The number of piperazine rings is 1. The van der Waals surface area contributed by atoms with Crippen LogP contribution in [0.2, 0.25) is 0 Å². The van der Waals surface area contributed by atoms with E-state index in [9.17, 15) is 9.59 Å². The number of hydrogen-bond donors (Lipinski definition) is 1. The molecule has 0 aliphatic carbocycles. The normalized spacial score (nSPS) is 18.7. The van der Waals surface area contributed by atoms with Gasteiger partial charge in [-0.05, 0) is 24.7 Å². The Labute approximate surface area is 160 Å². The zero-order valence-corrected chi connectivity index (χ0v) is 17.4. The van der Waals surface area contributed by atoms with Gasteiger partial charge in [0.25, 0.3) is 0 Å². The van der Waals surface area contributed by atoms with Crippen molar-refractivity contribution in [3.8, 4) is 0 Å². The molecule has 0 spiro atoms. The Morgan fingerprint density at radius 1 is 0.962 bits per heavy atom. The van der Waals surface area contributed by atoms with E-state index in [1.807, 2.05) is 4.90 Å². The minimum atomic E-state index is -0.751. The molecule has 0 aromatic carbocycles. The SMILES string of the molecule is CC(C)CCCCCCC(=O)N1CCN(CC(C)C)[C@@H](CCC(=O)O)C1. The Morgan fingerprint density at radius 3 is 2.27 bits per heavy atom. The Bertz CT molecular complexity index is 423. The molecular formula is C21H40N2O3. The van der Waals surface area contributed by atoms with Crippen LogP contribution in [-0.4, -0.2) is 59.0 Å². The first-order chi connectivity index (χ1) is 12.3. The van der Waals surface area contributed by atoms with Crippen molar-refractivity contribution in [3.63, 3.8) is 0 Å². The molecular weight excluding hydrogens is 328 g/mol. The number of carboxylic acids is 1. The molecule has 5 nitrogen and oxygen atoms in total. The van der Waals surface area contributed by atoms with Gasteiger partial charge in [0.05, 0.1) is 0 Å². The summed E-state index contributed by atoms with van der Waals surface area (Å²) in [6, 6.07) is 0.178. The lowest BCUT2D eigenvalue weighted by Gasteiger charge is -2.42. The second kappa shape index (κ2) is 12.3. The van der Waals surface area contributed by atoms with Gasteiger partial charge >= 0.3 is 5.97 Å². The molecule has 5 heteroatoms. The maximum absolute atomic E-state index is 12.5. The van der Waals surface area contributed by atoms with Crippen molar-refractivity contribution in [2.24, 2.45) is 11.8 Å². The number of nitrogens with zero attached hydrogens (tertiary/aromatic N) is 2. The predicted octanol–water partition coefficient (Wildman–Crippen LogP) is 4.02. The van der Waals surface area contributed by atoms with Crippen molar-refractivity contribution in [1.82, 2.24) is 9.80 Å². The van der Waals surface area contributed by atoms with E-state index in [4.69, 9.17) is 5.11 Å². The standard InChI is InChI=1S/C21H40N2O3/c1-17(2)9-7-5-6-8-10-20(24)23-14-13-22(15-18(3)4)19(16-23)11-12-21(25)26/h17-19H,5-16H2,1-4H3,(H,25,26)/t19-/m0/s1. The lowest BCUT2D eigenvalue weighted by molar-refractivity contribution is -0.137. The van der Waals surface area contributed by atoms with Crippen LogP contribution in [0, 0.1) is 11.8 Å². The smallest absolute Gasteiger partial charge is 0.303 e. The molecule has 0 saturated carbocycles. The second-order valence-electron chi connectivity index (χ2n) is 8.66. The molecule has 0 aromatic heterocycles. The van der Waals surface area contributed by atoms with Gasteiger partial charge in [-0.25, -0.2) is 0 Å². The molecule has 0 bridgehead atoms. The number of unbranched alkanes of at least 4 members (excludes halogenated alkanes) is 3. The monoisotopic (exact) mass is 368 g/mol. The Morgan fingerprint density at radius 2 is 1.65 bits per heavy atom. The van der Waals surface area contributed by atoms with Gasteiger partial charge in [0.2, 0.25) is 5.91 Å². The van der Waals surface area contributed by atoms with E-state index < -0.39 is 5.97 Å². The molecule has 0 aromatic rings. The summed E-state index contributed by atoms with van der Waals surface area (Å²) in [5.74, 6) is 0.814. The fourth-order valence-electron chi connectivity index (χ4n) is 3.73. The van der Waals surface area contributed by atoms with Crippen LogP contribution in [-0.2, 0) is 9.59 Å². The third-order valence-electron chi connectivity index (χ3n) is 5.17. The van der Waals surface area contributed by atoms with Crippen molar-refractivity contribution in [2.75, 3.05) is 26.2 Å². The molecule has 1 fully saturated rings. The van der Waals surface area contributed by atoms with Crippen molar-refractivity contribution >= 4 is 11.9 Å². The minimum absolute atomic E-state index is 0.178. The Balaban J connectivity index is 2.39. The van der Waals surface area contributed by atoms with Gasteiger partial charge in [0.1, 0.15) is 0 Å². The molecule has 0 unspecified atom stereocenters. The largest absolute Gasteiger partial charge is 0.481 e. The highest BCUT2D eigenvalue weighted by molar-refractivity contribution is 5.76. The number of hydrogen-bond acceptors (Lipinski definition) is 3. The van der Waals surface area contributed by atoms with Gasteiger partial charge in [0, 0.05) is 45.1 Å². The average Bonchev–Trinajstić information content (AvgIpc) is 2.56. The zero-order valence-electron chi connectivity index (χ0n) is 17.4. The van der Waals surface area contributed by atoms with Crippen LogP contribution in [0.4, 0.5) is 0 Å². The number of carboxylic acid groups (broad SMARTS) is 1. The minimum Gasteiger partial charge on any atom is -0.481 e. The quantitative estimate of drug-likeness (QED) is 0.529. The fraction of sp³-hybridized carbons (Fsp3) is 0.905. The summed E-state index contributed by atoms with van der Waals surface area (Å²) < 4.78 is 0. The van der Waals surface area contributed by atoms with Gasteiger partial charge in [0.15, 0.2) is 0 Å². The summed E-state index contributed by atoms with van der Waals surface area (Å²) in [7, 11) is 0. The van der Waals surface area contributed by atoms with E-state index in [2.05, 4.69) is 32.6 Å². The third-order valence-corrected chi connectivity index (χ3v) is 5.17. The molecule has 1 rings (SSSR count). The Kier molecular flexibility index (Phi) is 10.9. The van der Waals surface area contributed by atoms with Crippen molar-refractivity contribution in [2.45, 2.75) is 85.1 Å². The number of amides is 1. The molecule has 26 heavy (non-hydrogen) atoms. The molecule has 1 atom stereocenters. The van der Waals surface area contributed by atoms with Crippen molar-refractivity contribution < 1.29 is 14.7 Å². The van der Waals surface area contributed by atoms with E-state index in [1.54, 1.807) is 0 Å². The van der Waals surface area contributed by atoms with Crippen LogP contribution < -0.4 is 0 Å². The molecule has 1 aliphatic heterocycles. The summed E-state index contributed by atoms with van der Waals surface area (Å²) in [6.07, 6.45) is 7.30. The summed E-state index contributed by atoms with van der Waals surface area (Å²) in [5, 5.41) is 9.01. The predicted molar refractivity (Wildman–Crippen MR) is 106 cm³/mol. The van der Waals surface area contributed by atoms with Crippen molar-refractivity contribution in [3.05, 3.63) is 0 Å². The van der Waals surface area contributed by atoms with Gasteiger partial charge in [-0.2, -0.15) is 0 Å². The van der Waals surface area contributed by atoms with Gasteiger partial charge in [-0.1, -0.05) is 53.4 Å². The van der Waals surface area contributed by atoms with E-state index in [-0.39, 0.29) is 18.4 Å². The number of carbonyl (C=O) groups is 2. The lowest BCUT2D eigenvalue weighted by atomic mass is 10.0. The first kappa shape index (κ1) is 22.9. The van der Waals surface area contributed by atoms with Crippen LogP contribution in [0.15, 0.2) is 0 Å². The molecule has 0 radical (unpaired) electrons. The summed E-state index contributed by atoms with van der Waals surface area (Å²) >= 11 is 0. The average molecular weight is 369 g/mol. The van der Waals surface area contributed by atoms with Gasteiger partial charge in [-0.15, -0.1) is 0 Å². The highest BCUT2D eigenvalue weighted by atomic mass is 16.4. The van der Waals surface area contributed by atoms with E-state index in [0.717, 1.165) is 38.4 Å². The maximum Gasteiger partial charge on any atom is 0.303 e. The van der Waals surface area contributed by atoms with Crippen molar-refractivity contribution in [1.29, 1.82) is 0 Å². The van der Waals surface area contributed by atoms with Crippen LogP contribution in [0.1, 0.15) is 79.1 Å². The molecule has 1 amide bonds. The van der Waals surface area contributed by atoms with E-state index in [1.165, 1.54) is 19.3 Å². The second-order valence-corrected chi connectivity index (χ2v) is 8.66. The highest BCUT2D eigenvalue weighted by Gasteiger charge is 2.29. The molecule has 1 saturated heterocycles. The summed E-state index contributed by atoms with van der Waals surface area (Å²) in [6.45, 7) is 12.2. The highest BCUT2D eigenvalue weighted by Crippen LogP contribution is 2.18. The zero-order chi connectivity index (χ0) is 19.5. The molecule has 1 N–H and O–H groups in total. The van der Waals surface area contributed by atoms with Crippen LogP contribution in [0.3, 0.4) is 0 Å². The van der Waals surface area contributed by atoms with Crippen LogP contribution in [0.5, 0.6) is 0 Å². The van der Waals surface area contributed by atoms with Crippen LogP contribution >= 0.6 is 0 Å². The van der Waals surface area contributed by atoms with E-state index in [0.29, 0.717) is 25.3 Å². The first-order valence-electron chi connectivity index (χ1n) is 10.5. The number of rotatable bonds is 12. The number of carbonyl (C=O) groups excluding carboxylic acids is 1. The maximum atomic E-state index is 12.5. The summed E-state index contributed by atoms with van der Waals surface area (Å²) in [4.78, 5) is 27.8. The topological polar surface area (TPSA) is 60.9 Å². The van der Waals surface area contributed by atoms with Gasteiger partial charge in [-0.3, -0.25) is 14.5 Å². The fourth-order valence-corrected chi connectivity index (χ4v) is 3.73. The van der Waals surface area contributed by atoms with Crippen LogP contribution in [0.25, 0.3) is 0 Å². The molecule has 152 valence electrons. The summed E-state index contributed by atoms with van der Waals surface area (Å²) in [5.41, 5.74) is 0. The number of aliphatic carboxylic acids is 1. The molecule has 1 aliphatic rings. The molecule has 1 heterocycles. The van der Waals surface area contributed by atoms with Gasteiger partial charge < -0.3 is 10.0 Å².